The summed E-state index contributed by atoms with van der Waals surface area (Å²) >= 11 is 5.09. The summed E-state index contributed by atoms with van der Waals surface area (Å²) in [5, 5.41) is 5.75. The molecule has 142 valence electrons. The highest BCUT2D eigenvalue weighted by Crippen LogP contribution is 2.27. The number of ether oxygens (including phenoxy) is 3. The van der Waals surface area contributed by atoms with Crippen LogP contribution in [0.1, 0.15) is 5.56 Å². The maximum Gasteiger partial charge on any atom is 0.250 e. The van der Waals surface area contributed by atoms with Crippen molar-refractivity contribution < 1.29 is 19.0 Å². The van der Waals surface area contributed by atoms with Crippen molar-refractivity contribution in [1.29, 1.82) is 0 Å². The van der Waals surface area contributed by atoms with Crippen molar-refractivity contribution >= 4 is 29.3 Å². The third-order valence-electron chi connectivity index (χ3n) is 3.47. The van der Waals surface area contributed by atoms with E-state index in [1.165, 1.54) is 6.08 Å². The fourth-order valence-electron chi connectivity index (χ4n) is 2.18. The minimum Gasteiger partial charge on any atom is -0.493 e. The minimum absolute atomic E-state index is 0.244. The highest BCUT2D eigenvalue weighted by atomic mass is 32.1. The van der Waals surface area contributed by atoms with Crippen molar-refractivity contribution in [3.05, 3.63) is 60.2 Å². The van der Waals surface area contributed by atoms with Crippen LogP contribution in [0.5, 0.6) is 17.2 Å². The molecule has 2 N–H and O–H groups in total. The van der Waals surface area contributed by atoms with Gasteiger partial charge in [-0.25, -0.2) is 0 Å². The Labute approximate surface area is 164 Å². The molecular formula is C20H22N2O4S. The Kier molecular flexibility index (Phi) is 8.12. The SMILES string of the molecule is COc1ccc(/C=C/C(=O)NC(=S)NCCOc2ccccc2)cc1OC. The highest BCUT2D eigenvalue weighted by Gasteiger charge is 2.04. The fraction of sp³-hybridized carbons (Fsp3) is 0.200. The van der Waals surface area contributed by atoms with E-state index in [2.05, 4.69) is 10.6 Å². The van der Waals surface area contributed by atoms with Crippen LogP contribution in [0.25, 0.3) is 6.08 Å². The number of nitrogens with one attached hydrogen (secondary N) is 2. The van der Waals surface area contributed by atoms with Gasteiger partial charge >= 0.3 is 0 Å². The van der Waals surface area contributed by atoms with Gasteiger partial charge in [-0.3, -0.25) is 10.1 Å². The smallest absolute Gasteiger partial charge is 0.250 e. The van der Waals surface area contributed by atoms with E-state index >= 15 is 0 Å². The molecule has 0 bridgehead atoms. The molecule has 0 radical (unpaired) electrons. The molecule has 6 nitrogen and oxygen atoms in total. The zero-order valence-electron chi connectivity index (χ0n) is 15.2. The van der Waals surface area contributed by atoms with E-state index in [1.807, 2.05) is 36.4 Å². The van der Waals surface area contributed by atoms with Crippen LogP contribution in [0.2, 0.25) is 0 Å². The summed E-state index contributed by atoms with van der Waals surface area (Å²) in [6.45, 7) is 0.912. The van der Waals surface area contributed by atoms with Crippen LogP contribution in [0, 0.1) is 0 Å². The third-order valence-corrected chi connectivity index (χ3v) is 3.72. The van der Waals surface area contributed by atoms with Crippen LogP contribution in [0.15, 0.2) is 54.6 Å². The maximum atomic E-state index is 11.9. The molecule has 0 aliphatic heterocycles. The van der Waals surface area contributed by atoms with Crippen LogP contribution in [-0.2, 0) is 4.79 Å². The van der Waals surface area contributed by atoms with E-state index in [9.17, 15) is 4.79 Å². The summed E-state index contributed by atoms with van der Waals surface area (Å²) in [6.07, 6.45) is 3.06. The molecule has 2 rings (SSSR count). The van der Waals surface area contributed by atoms with E-state index in [-0.39, 0.29) is 11.0 Å². The molecule has 2 aromatic carbocycles. The summed E-state index contributed by atoms with van der Waals surface area (Å²) in [5.74, 6) is 1.68. The fourth-order valence-corrected chi connectivity index (χ4v) is 2.38. The maximum absolute atomic E-state index is 11.9. The summed E-state index contributed by atoms with van der Waals surface area (Å²) < 4.78 is 15.9. The lowest BCUT2D eigenvalue weighted by Crippen LogP contribution is -2.40. The first-order valence-electron chi connectivity index (χ1n) is 8.29. The molecule has 0 heterocycles. The molecule has 0 saturated carbocycles. The molecule has 0 atom stereocenters. The van der Waals surface area contributed by atoms with Crippen molar-refractivity contribution in [1.82, 2.24) is 10.6 Å². The highest BCUT2D eigenvalue weighted by molar-refractivity contribution is 7.80. The number of amides is 1. The van der Waals surface area contributed by atoms with Gasteiger partial charge in [-0.2, -0.15) is 0 Å². The van der Waals surface area contributed by atoms with Gasteiger partial charge in [-0.05, 0) is 48.1 Å². The molecule has 0 saturated heterocycles. The van der Waals surface area contributed by atoms with Crippen molar-refractivity contribution in [2.45, 2.75) is 0 Å². The Balaban J connectivity index is 1.74. The topological polar surface area (TPSA) is 68.8 Å². The summed E-state index contributed by atoms with van der Waals surface area (Å²) in [4.78, 5) is 11.9. The number of carbonyl (C=O) groups is 1. The van der Waals surface area contributed by atoms with Crippen molar-refractivity contribution in [3.8, 4) is 17.2 Å². The van der Waals surface area contributed by atoms with Gasteiger partial charge in [0.05, 0.1) is 20.8 Å². The monoisotopic (exact) mass is 386 g/mol. The lowest BCUT2D eigenvalue weighted by molar-refractivity contribution is -0.115. The number of benzene rings is 2. The number of rotatable bonds is 8. The predicted molar refractivity (Wildman–Crippen MR) is 109 cm³/mol. The molecule has 0 aliphatic carbocycles. The summed E-state index contributed by atoms with van der Waals surface area (Å²) in [7, 11) is 3.13. The number of methoxy groups -OCH3 is 2. The molecule has 0 unspecified atom stereocenters. The van der Waals surface area contributed by atoms with Crippen LogP contribution >= 0.6 is 12.2 Å². The quantitative estimate of drug-likeness (QED) is 0.413. The standard InChI is InChI=1S/C20H22N2O4S/c1-24-17-10-8-15(14-18(17)25-2)9-11-19(23)22-20(27)21-12-13-26-16-6-4-3-5-7-16/h3-11,14H,12-13H2,1-2H3,(H2,21,22,23,27)/b11-9+. The van der Waals surface area contributed by atoms with Gasteiger partial charge in [0.15, 0.2) is 16.6 Å². The molecule has 2 aromatic rings. The number of para-hydroxylation sites is 1. The molecule has 0 aliphatic rings. The second kappa shape index (κ2) is 10.8. The first-order valence-corrected chi connectivity index (χ1v) is 8.70. The molecule has 1 amide bonds. The largest absolute Gasteiger partial charge is 0.493 e. The molecule has 0 aromatic heterocycles. The van der Waals surface area contributed by atoms with E-state index in [4.69, 9.17) is 26.4 Å². The van der Waals surface area contributed by atoms with Gasteiger partial charge in [0.25, 0.3) is 0 Å². The second-order valence-corrected chi connectivity index (χ2v) is 5.76. The van der Waals surface area contributed by atoms with Gasteiger partial charge in [-0.15, -0.1) is 0 Å². The molecule has 27 heavy (non-hydrogen) atoms. The lowest BCUT2D eigenvalue weighted by Gasteiger charge is -2.09. The Morgan fingerprint density at radius 2 is 1.81 bits per heavy atom. The number of hydrogen-bond acceptors (Lipinski definition) is 5. The van der Waals surface area contributed by atoms with E-state index < -0.39 is 0 Å². The zero-order valence-corrected chi connectivity index (χ0v) is 16.0. The van der Waals surface area contributed by atoms with E-state index in [1.54, 1.807) is 32.4 Å². The number of hydrogen-bond donors (Lipinski definition) is 2. The van der Waals surface area contributed by atoms with Crippen LogP contribution < -0.4 is 24.8 Å². The normalized spacial score (nSPS) is 10.3. The van der Waals surface area contributed by atoms with Gasteiger partial charge in [0, 0.05) is 6.08 Å². The second-order valence-electron chi connectivity index (χ2n) is 5.35. The van der Waals surface area contributed by atoms with Crippen LogP contribution in [-0.4, -0.2) is 38.4 Å². The Bertz CT molecular complexity index is 794. The minimum atomic E-state index is -0.328. The molecule has 7 heteroatoms. The van der Waals surface area contributed by atoms with Gasteiger partial charge in [-0.1, -0.05) is 24.3 Å². The van der Waals surface area contributed by atoms with Gasteiger partial charge < -0.3 is 19.5 Å². The predicted octanol–water partition coefficient (Wildman–Crippen LogP) is 2.79. The van der Waals surface area contributed by atoms with E-state index in [0.717, 1.165) is 11.3 Å². The summed E-state index contributed by atoms with van der Waals surface area (Å²) in [5.41, 5.74) is 0.804. The van der Waals surface area contributed by atoms with Crippen molar-refractivity contribution in [2.75, 3.05) is 27.4 Å². The Morgan fingerprint density at radius 1 is 1.07 bits per heavy atom. The summed E-state index contributed by atoms with van der Waals surface area (Å²) in [6, 6.07) is 14.8. The van der Waals surface area contributed by atoms with Crippen LogP contribution in [0.4, 0.5) is 0 Å². The first-order chi connectivity index (χ1) is 13.1. The first kappa shape index (κ1) is 20.3. The molecule has 0 spiro atoms. The Morgan fingerprint density at radius 3 is 2.52 bits per heavy atom. The Hall–Kier alpha value is -3.06. The average molecular weight is 386 g/mol. The van der Waals surface area contributed by atoms with Gasteiger partial charge in [0.2, 0.25) is 5.91 Å². The van der Waals surface area contributed by atoms with Crippen molar-refractivity contribution in [2.24, 2.45) is 0 Å². The van der Waals surface area contributed by atoms with Crippen molar-refractivity contribution in [3.63, 3.8) is 0 Å². The molecule has 0 fully saturated rings. The van der Waals surface area contributed by atoms with Gasteiger partial charge in [0.1, 0.15) is 12.4 Å². The van der Waals surface area contributed by atoms with E-state index in [0.29, 0.717) is 24.7 Å². The van der Waals surface area contributed by atoms with Crippen LogP contribution in [0.3, 0.4) is 0 Å². The lowest BCUT2D eigenvalue weighted by atomic mass is 10.2. The number of carbonyl (C=O) groups excluding carboxylic acids is 1. The zero-order chi connectivity index (χ0) is 19.5. The third kappa shape index (κ3) is 6.99. The number of thiocarbonyl (C=S) groups is 1. The molecular weight excluding hydrogens is 364 g/mol. The average Bonchev–Trinajstić information content (AvgIpc) is 2.70.